The van der Waals surface area contributed by atoms with Crippen LogP contribution in [0.25, 0.3) is 0 Å². The van der Waals surface area contributed by atoms with E-state index in [1.807, 2.05) is 6.08 Å². The number of aliphatic hydroxyl groups excluding tert-OH is 1. The van der Waals surface area contributed by atoms with Gasteiger partial charge in [-0.05, 0) is 25.7 Å². The van der Waals surface area contributed by atoms with Crippen LogP contribution in [0.3, 0.4) is 0 Å². The molecule has 0 aromatic rings. The molecule has 1 heterocycles. The van der Waals surface area contributed by atoms with E-state index in [0.29, 0.717) is 0 Å². The topological polar surface area (TPSA) is 32.7 Å². The minimum absolute atomic E-state index is 0.121. The summed E-state index contributed by atoms with van der Waals surface area (Å²) in [5.74, 6) is 0. The number of ether oxygens (including phenoxy) is 1. The molecule has 3 heteroatoms. The van der Waals surface area contributed by atoms with E-state index in [-0.39, 0.29) is 11.7 Å². The summed E-state index contributed by atoms with van der Waals surface area (Å²) < 4.78 is 5.98. The third kappa shape index (κ3) is 3.54. The van der Waals surface area contributed by atoms with Crippen molar-refractivity contribution in [2.45, 2.75) is 50.2 Å². The van der Waals surface area contributed by atoms with Crippen LogP contribution in [-0.2, 0) is 4.74 Å². The van der Waals surface area contributed by atoms with Crippen molar-refractivity contribution in [2.24, 2.45) is 0 Å². The molecule has 1 saturated heterocycles. The van der Waals surface area contributed by atoms with Gasteiger partial charge in [0.05, 0.1) is 18.3 Å². The summed E-state index contributed by atoms with van der Waals surface area (Å²) in [5.41, 5.74) is 0.121. The minimum atomic E-state index is -0.218. The largest absolute Gasteiger partial charge is 0.392 e. The van der Waals surface area contributed by atoms with Crippen LogP contribution >= 0.6 is 0 Å². The van der Waals surface area contributed by atoms with E-state index in [4.69, 9.17) is 4.74 Å². The highest BCUT2D eigenvalue weighted by Crippen LogP contribution is 2.35. The molecular weight excluding hydrogens is 214 g/mol. The molecule has 1 unspecified atom stereocenters. The molecule has 1 aliphatic heterocycles. The molecule has 0 radical (unpaired) electrons. The number of hydrogen-bond acceptors (Lipinski definition) is 3. The van der Waals surface area contributed by atoms with Crippen LogP contribution in [0.15, 0.2) is 12.7 Å². The van der Waals surface area contributed by atoms with E-state index in [9.17, 15) is 5.11 Å². The predicted molar refractivity (Wildman–Crippen MR) is 69.0 cm³/mol. The van der Waals surface area contributed by atoms with Crippen molar-refractivity contribution >= 4 is 0 Å². The van der Waals surface area contributed by atoms with E-state index in [0.717, 1.165) is 39.1 Å². The van der Waals surface area contributed by atoms with Crippen LogP contribution in [0.4, 0.5) is 0 Å². The number of hydrogen-bond donors (Lipinski definition) is 1. The lowest BCUT2D eigenvalue weighted by Gasteiger charge is -2.41. The van der Waals surface area contributed by atoms with Crippen LogP contribution in [-0.4, -0.2) is 48.0 Å². The highest BCUT2D eigenvalue weighted by atomic mass is 16.5. The molecule has 17 heavy (non-hydrogen) atoms. The second kappa shape index (κ2) is 5.98. The van der Waals surface area contributed by atoms with Gasteiger partial charge in [0.15, 0.2) is 0 Å². The summed E-state index contributed by atoms with van der Waals surface area (Å²) in [6.07, 6.45) is 8.38. The zero-order valence-electron chi connectivity index (χ0n) is 10.7. The molecule has 2 rings (SSSR count). The maximum Gasteiger partial charge on any atom is 0.0809 e. The molecular formula is C14H25NO2. The summed E-state index contributed by atoms with van der Waals surface area (Å²) in [7, 11) is 0. The van der Waals surface area contributed by atoms with Crippen molar-refractivity contribution in [3.8, 4) is 0 Å². The third-order valence-electron chi connectivity index (χ3n) is 4.02. The third-order valence-corrected chi connectivity index (χ3v) is 4.02. The number of aliphatic hydroxyl groups is 1. The molecule has 0 aromatic heterocycles. The Morgan fingerprint density at radius 1 is 1.41 bits per heavy atom. The molecule has 2 fully saturated rings. The lowest BCUT2D eigenvalue weighted by Crippen LogP contribution is -2.52. The fourth-order valence-electron chi connectivity index (χ4n) is 3.10. The Balaban J connectivity index is 1.78. The van der Waals surface area contributed by atoms with E-state index < -0.39 is 0 Å². The Bertz CT molecular complexity index is 249. The molecule has 1 atom stereocenters. The van der Waals surface area contributed by atoms with Gasteiger partial charge in [0, 0.05) is 19.6 Å². The van der Waals surface area contributed by atoms with Gasteiger partial charge in [-0.15, -0.1) is 6.58 Å². The first-order valence-corrected chi connectivity index (χ1v) is 6.89. The Labute approximate surface area is 104 Å². The average molecular weight is 239 g/mol. The number of rotatable bonds is 5. The molecule has 1 aliphatic carbocycles. The van der Waals surface area contributed by atoms with Gasteiger partial charge < -0.3 is 9.84 Å². The second-order valence-electron chi connectivity index (χ2n) is 5.49. The number of morpholine rings is 1. The van der Waals surface area contributed by atoms with E-state index >= 15 is 0 Å². The first-order valence-electron chi connectivity index (χ1n) is 6.89. The molecule has 3 nitrogen and oxygen atoms in total. The molecule has 1 spiro atoms. The zero-order valence-corrected chi connectivity index (χ0v) is 10.7. The van der Waals surface area contributed by atoms with Gasteiger partial charge in [0.1, 0.15) is 0 Å². The van der Waals surface area contributed by atoms with Gasteiger partial charge in [-0.25, -0.2) is 0 Å². The Hall–Kier alpha value is -0.380. The van der Waals surface area contributed by atoms with Crippen LogP contribution in [0, 0.1) is 0 Å². The normalized spacial score (nSPS) is 26.2. The Morgan fingerprint density at radius 2 is 2.18 bits per heavy atom. The smallest absolute Gasteiger partial charge is 0.0809 e. The van der Waals surface area contributed by atoms with Crippen molar-refractivity contribution in [2.75, 3.05) is 26.2 Å². The standard InChI is InChI=1S/C14H25NO2/c1-2-3-6-13(16)11-15-9-10-17-14(12-15)7-4-5-8-14/h2,13,16H,1,3-12H2. The van der Waals surface area contributed by atoms with Gasteiger partial charge in [-0.3, -0.25) is 4.90 Å². The van der Waals surface area contributed by atoms with Gasteiger partial charge >= 0.3 is 0 Å². The van der Waals surface area contributed by atoms with Gasteiger partial charge in [-0.1, -0.05) is 18.9 Å². The highest BCUT2D eigenvalue weighted by Gasteiger charge is 2.39. The summed E-state index contributed by atoms with van der Waals surface area (Å²) in [5, 5.41) is 9.93. The summed E-state index contributed by atoms with van der Waals surface area (Å²) in [6.45, 7) is 7.29. The van der Waals surface area contributed by atoms with E-state index in [1.165, 1.54) is 25.7 Å². The van der Waals surface area contributed by atoms with E-state index in [2.05, 4.69) is 11.5 Å². The quantitative estimate of drug-likeness (QED) is 0.744. The summed E-state index contributed by atoms with van der Waals surface area (Å²) in [4.78, 5) is 2.38. The van der Waals surface area contributed by atoms with Crippen molar-refractivity contribution in [1.29, 1.82) is 0 Å². The predicted octanol–water partition coefficient (Wildman–Crippen LogP) is 1.96. The van der Waals surface area contributed by atoms with Crippen molar-refractivity contribution in [3.05, 3.63) is 12.7 Å². The maximum absolute atomic E-state index is 9.93. The van der Waals surface area contributed by atoms with Crippen molar-refractivity contribution < 1.29 is 9.84 Å². The van der Waals surface area contributed by atoms with Crippen LogP contribution < -0.4 is 0 Å². The van der Waals surface area contributed by atoms with Crippen LogP contribution in [0.5, 0.6) is 0 Å². The first-order chi connectivity index (χ1) is 8.24. The number of nitrogens with zero attached hydrogens (tertiary/aromatic N) is 1. The van der Waals surface area contributed by atoms with Crippen LogP contribution in [0.1, 0.15) is 38.5 Å². The van der Waals surface area contributed by atoms with E-state index in [1.54, 1.807) is 0 Å². The maximum atomic E-state index is 9.93. The van der Waals surface area contributed by atoms with Gasteiger partial charge in [0.2, 0.25) is 0 Å². The molecule has 0 aromatic carbocycles. The molecule has 98 valence electrons. The number of allylic oxidation sites excluding steroid dienone is 1. The lowest BCUT2D eigenvalue weighted by atomic mass is 9.99. The SMILES string of the molecule is C=CCCC(O)CN1CCOC2(CCCC2)C1. The zero-order chi connectivity index (χ0) is 12.1. The first kappa shape index (κ1) is 13.1. The van der Waals surface area contributed by atoms with Crippen molar-refractivity contribution in [1.82, 2.24) is 4.90 Å². The monoisotopic (exact) mass is 239 g/mol. The van der Waals surface area contributed by atoms with Crippen molar-refractivity contribution in [3.63, 3.8) is 0 Å². The molecule has 2 aliphatic rings. The van der Waals surface area contributed by atoms with Crippen LogP contribution in [0.2, 0.25) is 0 Å². The summed E-state index contributed by atoms with van der Waals surface area (Å²) in [6, 6.07) is 0. The molecule has 1 saturated carbocycles. The lowest BCUT2D eigenvalue weighted by molar-refractivity contribution is -0.110. The Morgan fingerprint density at radius 3 is 2.88 bits per heavy atom. The molecule has 0 bridgehead atoms. The fourth-order valence-corrected chi connectivity index (χ4v) is 3.10. The second-order valence-corrected chi connectivity index (χ2v) is 5.49. The fraction of sp³-hybridized carbons (Fsp3) is 0.857. The summed E-state index contributed by atoms with van der Waals surface area (Å²) >= 11 is 0. The minimum Gasteiger partial charge on any atom is -0.392 e. The number of β-amino-alcohol motifs (C(OH)–C–C–N with tert-alkyl or cyclic N) is 1. The average Bonchev–Trinajstić information content (AvgIpc) is 2.74. The highest BCUT2D eigenvalue weighted by molar-refractivity contribution is 4.92. The molecule has 0 amide bonds. The molecule has 1 N–H and O–H groups in total. The van der Waals surface area contributed by atoms with Gasteiger partial charge in [-0.2, -0.15) is 0 Å². The Kier molecular flexibility index (Phi) is 4.60. The van der Waals surface area contributed by atoms with Gasteiger partial charge in [0.25, 0.3) is 0 Å².